The first-order valence-electron chi connectivity index (χ1n) is 7.59. The molecular formula is C14H28O2SSi2. The third-order valence-electron chi connectivity index (χ3n) is 4.53. The van der Waals surface area contributed by atoms with Crippen LogP contribution in [-0.4, -0.2) is 21.6 Å². The predicted molar refractivity (Wildman–Crippen MR) is 89.6 cm³/mol. The fraction of sp³-hybridized carbons (Fsp3) is 0.857. The van der Waals surface area contributed by atoms with Crippen LogP contribution in [0.2, 0.25) is 37.3 Å². The molecule has 2 fully saturated rings. The van der Waals surface area contributed by atoms with Gasteiger partial charge in [-0.05, 0) is 57.0 Å². The molecule has 0 bridgehead atoms. The second kappa shape index (κ2) is 5.58. The van der Waals surface area contributed by atoms with Crippen LogP contribution < -0.4 is 0 Å². The van der Waals surface area contributed by atoms with Gasteiger partial charge in [-0.1, -0.05) is 13.0 Å². The second-order valence-electron chi connectivity index (χ2n) is 6.66. The molecule has 0 atom stereocenters. The lowest BCUT2D eigenvalue weighted by Crippen LogP contribution is -2.46. The molecule has 2 aliphatic rings. The molecular weight excluding hydrogens is 288 g/mol. The van der Waals surface area contributed by atoms with E-state index in [1.165, 1.54) is 29.9 Å². The van der Waals surface area contributed by atoms with Crippen molar-refractivity contribution >= 4 is 29.3 Å². The van der Waals surface area contributed by atoms with Crippen molar-refractivity contribution < 1.29 is 8.85 Å². The standard InChI is InChI=1S/C14H28O2SSi2/c1-5-13(6-2)15-18(3)9-7-14(17,8-10-18)16-19(4)11-12-19/h5,17H,6-12H2,1-4H3/b13-5-. The maximum Gasteiger partial charge on any atom is 0.248 e. The van der Waals surface area contributed by atoms with Crippen LogP contribution in [0.5, 0.6) is 0 Å². The average Bonchev–Trinajstić information content (AvgIpc) is 3.08. The largest absolute Gasteiger partial charge is 0.547 e. The average molecular weight is 317 g/mol. The summed E-state index contributed by atoms with van der Waals surface area (Å²) in [5.41, 5.74) is 0. The smallest absolute Gasteiger partial charge is 0.248 e. The number of allylic oxidation sites excluding steroid dienone is 2. The third-order valence-corrected chi connectivity index (χ3v) is 11.4. The van der Waals surface area contributed by atoms with E-state index in [2.05, 4.69) is 33.0 Å². The summed E-state index contributed by atoms with van der Waals surface area (Å²) in [4.78, 5) is -0.143. The molecule has 2 heterocycles. The van der Waals surface area contributed by atoms with Crippen molar-refractivity contribution in [2.75, 3.05) is 0 Å². The van der Waals surface area contributed by atoms with Gasteiger partial charge in [0.05, 0.1) is 10.7 Å². The van der Waals surface area contributed by atoms with Crippen LogP contribution in [0.1, 0.15) is 33.1 Å². The monoisotopic (exact) mass is 316 g/mol. The fourth-order valence-electron chi connectivity index (χ4n) is 2.76. The van der Waals surface area contributed by atoms with Gasteiger partial charge in [0, 0.05) is 6.42 Å². The zero-order valence-electron chi connectivity index (χ0n) is 12.8. The number of hydrogen-bond donors (Lipinski definition) is 1. The second-order valence-corrected chi connectivity index (χ2v) is 15.7. The predicted octanol–water partition coefficient (Wildman–Crippen LogP) is 4.92. The van der Waals surface area contributed by atoms with Crippen molar-refractivity contribution in [3.8, 4) is 0 Å². The molecule has 0 aromatic carbocycles. The lowest BCUT2D eigenvalue weighted by molar-refractivity contribution is 0.144. The Balaban J connectivity index is 1.90. The molecule has 2 nitrogen and oxygen atoms in total. The molecule has 19 heavy (non-hydrogen) atoms. The van der Waals surface area contributed by atoms with Crippen molar-refractivity contribution in [3.63, 3.8) is 0 Å². The van der Waals surface area contributed by atoms with Gasteiger partial charge in [0.2, 0.25) is 8.32 Å². The molecule has 2 rings (SSSR count). The summed E-state index contributed by atoms with van der Waals surface area (Å²) < 4.78 is 12.7. The Labute approximate surface area is 125 Å². The Bertz CT molecular complexity index is 358. The molecule has 0 aromatic heterocycles. The molecule has 110 valence electrons. The van der Waals surface area contributed by atoms with Crippen LogP contribution >= 0.6 is 12.6 Å². The van der Waals surface area contributed by atoms with Gasteiger partial charge in [-0.15, -0.1) is 12.6 Å². The summed E-state index contributed by atoms with van der Waals surface area (Å²) in [7, 11) is -2.84. The summed E-state index contributed by atoms with van der Waals surface area (Å²) in [5.74, 6) is 1.17. The number of hydrogen-bond acceptors (Lipinski definition) is 3. The van der Waals surface area contributed by atoms with Gasteiger partial charge in [-0.3, -0.25) is 0 Å². The van der Waals surface area contributed by atoms with E-state index >= 15 is 0 Å². The van der Waals surface area contributed by atoms with Gasteiger partial charge in [0.1, 0.15) is 0 Å². The first-order valence-corrected chi connectivity index (χ1v) is 13.7. The minimum Gasteiger partial charge on any atom is -0.547 e. The third kappa shape index (κ3) is 4.12. The van der Waals surface area contributed by atoms with E-state index in [4.69, 9.17) is 21.5 Å². The molecule has 0 saturated carbocycles. The zero-order chi connectivity index (χ0) is 14.1. The highest BCUT2D eigenvalue weighted by Crippen LogP contribution is 2.48. The Morgan fingerprint density at radius 1 is 1.16 bits per heavy atom. The Hall–Kier alpha value is 0.284. The van der Waals surface area contributed by atoms with Crippen LogP contribution in [-0.2, 0) is 8.85 Å². The first kappa shape index (κ1) is 15.7. The fourth-order valence-corrected chi connectivity index (χ4v) is 10.0. The van der Waals surface area contributed by atoms with Crippen molar-refractivity contribution in [2.24, 2.45) is 0 Å². The first-order chi connectivity index (χ1) is 8.82. The molecule has 2 saturated heterocycles. The number of thiol groups is 1. The van der Waals surface area contributed by atoms with E-state index in [-0.39, 0.29) is 4.93 Å². The highest BCUT2D eigenvalue weighted by Gasteiger charge is 2.51. The van der Waals surface area contributed by atoms with Gasteiger partial charge in [0.25, 0.3) is 0 Å². The molecule has 2 aliphatic heterocycles. The minimum atomic E-state index is -1.57. The molecule has 0 spiro atoms. The molecule has 0 radical (unpaired) electrons. The van der Waals surface area contributed by atoms with Crippen molar-refractivity contribution in [1.29, 1.82) is 0 Å². The van der Waals surface area contributed by atoms with E-state index in [1.54, 1.807) is 0 Å². The highest BCUT2D eigenvalue weighted by atomic mass is 32.1. The summed E-state index contributed by atoms with van der Waals surface area (Å²) in [6.45, 7) is 8.96. The van der Waals surface area contributed by atoms with Crippen LogP contribution in [0.3, 0.4) is 0 Å². The topological polar surface area (TPSA) is 18.5 Å². The van der Waals surface area contributed by atoms with Crippen LogP contribution in [0, 0.1) is 0 Å². The Morgan fingerprint density at radius 2 is 1.74 bits per heavy atom. The molecule has 0 aromatic rings. The van der Waals surface area contributed by atoms with E-state index in [9.17, 15) is 0 Å². The van der Waals surface area contributed by atoms with E-state index in [1.807, 2.05) is 0 Å². The molecule has 0 amide bonds. The summed E-state index contributed by atoms with van der Waals surface area (Å²) in [6, 6.07) is 5.02. The summed E-state index contributed by atoms with van der Waals surface area (Å²) in [6.07, 6.45) is 5.27. The maximum absolute atomic E-state index is 6.38. The number of rotatable bonds is 5. The molecule has 0 unspecified atom stereocenters. The van der Waals surface area contributed by atoms with Crippen LogP contribution in [0.25, 0.3) is 0 Å². The molecule has 5 heteroatoms. The quantitative estimate of drug-likeness (QED) is 0.336. The van der Waals surface area contributed by atoms with Crippen molar-refractivity contribution in [2.45, 2.75) is 75.3 Å². The van der Waals surface area contributed by atoms with Gasteiger partial charge < -0.3 is 8.85 Å². The highest BCUT2D eigenvalue weighted by molar-refractivity contribution is 7.81. The van der Waals surface area contributed by atoms with Crippen molar-refractivity contribution in [1.82, 2.24) is 0 Å². The minimum absolute atomic E-state index is 0.143. The lowest BCUT2D eigenvalue weighted by Gasteiger charge is -2.42. The van der Waals surface area contributed by atoms with Crippen LogP contribution in [0.4, 0.5) is 0 Å². The lowest BCUT2D eigenvalue weighted by atomic mass is 10.2. The van der Waals surface area contributed by atoms with Crippen LogP contribution in [0.15, 0.2) is 11.8 Å². The molecule has 0 aliphatic carbocycles. The normalized spacial score (nSPS) is 38.1. The van der Waals surface area contributed by atoms with E-state index in [0.717, 1.165) is 19.3 Å². The van der Waals surface area contributed by atoms with Crippen molar-refractivity contribution in [3.05, 3.63) is 11.8 Å². The summed E-state index contributed by atoms with van der Waals surface area (Å²) in [5, 5.41) is 0. The molecule has 0 N–H and O–H groups in total. The van der Waals surface area contributed by atoms with Gasteiger partial charge in [-0.2, -0.15) is 0 Å². The van der Waals surface area contributed by atoms with E-state index in [0.29, 0.717) is 0 Å². The SMILES string of the molecule is C/C=C(/CC)O[Si]1(C)CCC(S)(O[Si]2(C)CC2)CC1. The van der Waals surface area contributed by atoms with Gasteiger partial charge in [-0.25, -0.2) is 0 Å². The van der Waals surface area contributed by atoms with E-state index < -0.39 is 16.6 Å². The Morgan fingerprint density at radius 3 is 2.16 bits per heavy atom. The Kier molecular flexibility index (Phi) is 4.60. The van der Waals surface area contributed by atoms with Gasteiger partial charge in [0.15, 0.2) is 8.32 Å². The maximum atomic E-state index is 6.38. The zero-order valence-corrected chi connectivity index (χ0v) is 15.7. The summed E-state index contributed by atoms with van der Waals surface area (Å²) >= 11 is 4.86. The van der Waals surface area contributed by atoms with Gasteiger partial charge >= 0.3 is 0 Å².